The van der Waals surface area contributed by atoms with Crippen molar-refractivity contribution in [2.75, 3.05) is 18.0 Å². The van der Waals surface area contributed by atoms with Crippen molar-refractivity contribution in [1.82, 2.24) is 14.9 Å². The van der Waals surface area contributed by atoms with Gasteiger partial charge in [-0.15, -0.1) is 0 Å². The van der Waals surface area contributed by atoms with Crippen LogP contribution in [0.3, 0.4) is 0 Å². The molecule has 0 aliphatic carbocycles. The van der Waals surface area contributed by atoms with Gasteiger partial charge in [-0.3, -0.25) is 9.88 Å². The van der Waals surface area contributed by atoms with Crippen molar-refractivity contribution >= 4 is 23.2 Å². The molecule has 156 valence electrons. The van der Waals surface area contributed by atoms with Gasteiger partial charge in [0.05, 0.1) is 17.8 Å². The molecular formula is C22H24N4O4. The molecule has 5 heterocycles. The third-order valence-electron chi connectivity index (χ3n) is 5.52. The van der Waals surface area contributed by atoms with E-state index in [0.29, 0.717) is 30.2 Å². The van der Waals surface area contributed by atoms with Crippen molar-refractivity contribution in [3.8, 4) is 17.0 Å². The molecule has 2 bridgehead atoms. The number of nitrogens with zero attached hydrogens (tertiary/aromatic N) is 4. The largest absolute Gasteiger partial charge is 0.506 e. The topological polar surface area (TPSA) is 91.9 Å². The third kappa shape index (κ3) is 3.12. The second-order valence-electron chi connectivity index (χ2n) is 8.86. The van der Waals surface area contributed by atoms with Gasteiger partial charge in [0.2, 0.25) is 0 Å². The molecule has 0 spiro atoms. The minimum atomic E-state index is -0.514. The highest BCUT2D eigenvalue weighted by atomic mass is 16.6. The monoisotopic (exact) mass is 408 g/mol. The van der Waals surface area contributed by atoms with Gasteiger partial charge in [-0.2, -0.15) is 4.98 Å². The van der Waals surface area contributed by atoms with Crippen LogP contribution in [0, 0.1) is 0 Å². The number of benzene rings is 1. The summed E-state index contributed by atoms with van der Waals surface area (Å²) in [7, 11) is 0. The van der Waals surface area contributed by atoms with Crippen molar-refractivity contribution < 1.29 is 19.1 Å². The van der Waals surface area contributed by atoms with Gasteiger partial charge in [-0.1, -0.05) is 6.07 Å². The van der Waals surface area contributed by atoms with Crippen LogP contribution in [0.2, 0.25) is 0 Å². The van der Waals surface area contributed by atoms with Crippen molar-refractivity contribution in [3.05, 3.63) is 36.5 Å². The maximum absolute atomic E-state index is 12.5. The molecule has 30 heavy (non-hydrogen) atoms. The van der Waals surface area contributed by atoms with Crippen molar-refractivity contribution in [2.45, 2.75) is 44.9 Å². The van der Waals surface area contributed by atoms with Crippen LogP contribution in [0.1, 0.15) is 27.2 Å². The summed E-state index contributed by atoms with van der Waals surface area (Å²) in [5, 5.41) is 10.3. The van der Waals surface area contributed by atoms with Crippen LogP contribution < -0.4 is 4.90 Å². The van der Waals surface area contributed by atoms with Gasteiger partial charge in [0.15, 0.2) is 11.1 Å². The quantitative estimate of drug-likeness (QED) is 0.690. The average molecular weight is 408 g/mol. The lowest BCUT2D eigenvalue weighted by Crippen LogP contribution is -2.70. The lowest BCUT2D eigenvalue weighted by Gasteiger charge is -2.55. The molecular weight excluding hydrogens is 384 g/mol. The fraction of sp³-hybridized carbons (Fsp3) is 0.409. The summed E-state index contributed by atoms with van der Waals surface area (Å²) in [5.41, 5.74) is 1.94. The van der Waals surface area contributed by atoms with Crippen LogP contribution in [-0.2, 0) is 4.74 Å². The molecule has 3 aliphatic heterocycles. The van der Waals surface area contributed by atoms with Gasteiger partial charge in [-0.25, -0.2) is 4.79 Å². The maximum Gasteiger partial charge on any atom is 0.410 e. The number of phenols is 1. The Balaban J connectivity index is 1.41. The van der Waals surface area contributed by atoms with Gasteiger partial charge in [0.25, 0.3) is 6.01 Å². The van der Waals surface area contributed by atoms with Gasteiger partial charge in [0.1, 0.15) is 11.4 Å². The molecule has 1 N–H and O–H groups in total. The molecule has 8 nitrogen and oxygen atoms in total. The third-order valence-corrected chi connectivity index (χ3v) is 5.52. The number of piperazine rings is 1. The van der Waals surface area contributed by atoms with E-state index >= 15 is 0 Å². The van der Waals surface area contributed by atoms with Gasteiger partial charge >= 0.3 is 6.09 Å². The maximum atomic E-state index is 12.5. The molecule has 2 unspecified atom stereocenters. The standard InChI is InChI=1S/C22H24N4O4/c1-22(2,3)30-21(28)26-13-10-14(26)12-25(11-13)20-24-18-17(27)8-7-15(19(18)29-20)16-6-4-5-9-23-16/h4-9,13-14,27H,10-12H2,1-3H3. The summed E-state index contributed by atoms with van der Waals surface area (Å²) in [5.74, 6) is 0.0669. The summed E-state index contributed by atoms with van der Waals surface area (Å²) in [4.78, 5) is 25.3. The predicted molar refractivity (Wildman–Crippen MR) is 111 cm³/mol. The Morgan fingerprint density at radius 1 is 1.20 bits per heavy atom. The summed E-state index contributed by atoms with van der Waals surface area (Å²) in [6.07, 6.45) is 2.39. The molecule has 3 fully saturated rings. The van der Waals surface area contributed by atoms with Gasteiger partial charge in [-0.05, 0) is 51.5 Å². The van der Waals surface area contributed by atoms with Crippen molar-refractivity contribution in [3.63, 3.8) is 0 Å². The fourth-order valence-corrected chi connectivity index (χ4v) is 4.22. The SMILES string of the molecule is CC(C)(C)OC(=O)N1C2CC1CN(c1nc3c(O)ccc(-c4ccccn4)c3o1)C2. The van der Waals surface area contributed by atoms with Gasteiger partial charge in [0, 0.05) is 24.8 Å². The fourth-order valence-electron chi connectivity index (χ4n) is 4.22. The number of hydrogen-bond acceptors (Lipinski definition) is 7. The number of aromatic nitrogens is 2. The molecule has 3 saturated heterocycles. The highest BCUT2D eigenvalue weighted by molar-refractivity contribution is 5.93. The first-order valence-electron chi connectivity index (χ1n) is 10.1. The van der Waals surface area contributed by atoms with Crippen molar-refractivity contribution in [2.24, 2.45) is 0 Å². The van der Waals surface area contributed by atoms with Crippen LogP contribution in [-0.4, -0.2) is 56.8 Å². The Hall–Kier alpha value is -3.29. The zero-order valence-electron chi connectivity index (χ0n) is 17.2. The van der Waals surface area contributed by atoms with E-state index in [4.69, 9.17) is 9.15 Å². The first-order valence-corrected chi connectivity index (χ1v) is 10.1. The van der Waals surface area contributed by atoms with E-state index in [2.05, 4.69) is 9.97 Å². The van der Waals surface area contributed by atoms with Crippen LogP contribution in [0.5, 0.6) is 5.75 Å². The molecule has 3 aliphatic rings. The van der Waals surface area contributed by atoms with Gasteiger partial charge < -0.3 is 19.2 Å². The molecule has 0 radical (unpaired) electrons. The van der Waals surface area contributed by atoms with Crippen LogP contribution in [0.25, 0.3) is 22.4 Å². The predicted octanol–water partition coefficient (Wildman–Crippen LogP) is 3.79. The number of amides is 1. The zero-order valence-corrected chi connectivity index (χ0v) is 17.2. The number of pyridine rings is 1. The molecule has 6 rings (SSSR count). The molecule has 3 aromatic rings. The van der Waals surface area contributed by atoms with E-state index < -0.39 is 5.60 Å². The van der Waals surface area contributed by atoms with E-state index in [1.54, 1.807) is 18.3 Å². The first kappa shape index (κ1) is 18.7. The number of aromatic hydroxyl groups is 1. The lowest BCUT2D eigenvalue weighted by molar-refractivity contribution is -0.0386. The minimum absolute atomic E-state index is 0.0669. The molecule has 8 heteroatoms. The van der Waals surface area contributed by atoms with E-state index in [0.717, 1.165) is 17.7 Å². The number of fused-ring (bicyclic) bond motifs is 3. The number of anilines is 1. The first-order chi connectivity index (χ1) is 14.3. The summed E-state index contributed by atoms with van der Waals surface area (Å²) >= 11 is 0. The summed E-state index contributed by atoms with van der Waals surface area (Å²) < 4.78 is 11.6. The van der Waals surface area contributed by atoms with Crippen molar-refractivity contribution in [1.29, 1.82) is 0 Å². The molecule has 1 amide bonds. The Kier molecular flexibility index (Phi) is 4.13. The number of piperidine rings is 1. The number of carbonyl (C=O) groups is 1. The summed E-state index contributed by atoms with van der Waals surface area (Å²) in [6.45, 7) is 6.84. The zero-order chi connectivity index (χ0) is 21.0. The van der Waals surface area contributed by atoms with E-state index in [-0.39, 0.29) is 23.9 Å². The highest BCUT2D eigenvalue weighted by Crippen LogP contribution is 2.39. The average Bonchev–Trinajstić information content (AvgIpc) is 3.14. The Morgan fingerprint density at radius 2 is 1.97 bits per heavy atom. The summed E-state index contributed by atoms with van der Waals surface area (Å²) in [6, 6.07) is 9.62. The Morgan fingerprint density at radius 3 is 2.63 bits per heavy atom. The number of rotatable bonds is 2. The smallest absolute Gasteiger partial charge is 0.410 e. The Labute approximate surface area is 174 Å². The number of phenolic OH excluding ortho intramolecular Hbond substituents is 1. The molecule has 2 aromatic heterocycles. The number of ether oxygens (including phenoxy) is 1. The molecule has 0 saturated carbocycles. The van der Waals surface area contributed by atoms with Crippen LogP contribution in [0.15, 0.2) is 40.9 Å². The molecule has 1 aromatic carbocycles. The van der Waals surface area contributed by atoms with E-state index in [9.17, 15) is 9.90 Å². The number of oxazole rings is 1. The second kappa shape index (κ2) is 6.62. The normalized spacial score (nSPS) is 20.9. The molecule has 2 atom stereocenters. The van der Waals surface area contributed by atoms with E-state index in [1.807, 2.05) is 48.8 Å². The number of hydrogen-bond donors (Lipinski definition) is 1. The van der Waals surface area contributed by atoms with Crippen LogP contribution >= 0.6 is 0 Å². The number of carbonyl (C=O) groups excluding carboxylic acids is 1. The van der Waals surface area contributed by atoms with Crippen LogP contribution in [0.4, 0.5) is 10.8 Å². The van der Waals surface area contributed by atoms with E-state index in [1.165, 1.54) is 0 Å². The Bertz CT molecular complexity index is 1090. The minimum Gasteiger partial charge on any atom is -0.506 e. The second-order valence-corrected chi connectivity index (χ2v) is 8.86. The lowest BCUT2D eigenvalue weighted by atomic mass is 9.88. The highest BCUT2D eigenvalue weighted by Gasteiger charge is 2.49.